The van der Waals surface area contributed by atoms with Crippen molar-refractivity contribution in [2.75, 3.05) is 7.11 Å². The number of nitrogens with zero attached hydrogens (tertiary/aromatic N) is 1. The number of non-ortho nitro benzene ring substituents is 1. The summed E-state index contributed by atoms with van der Waals surface area (Å²) in [5.74, 6) is -0.639. The first kappa shape index (κ1) is 14.1. The molecule has 18 heavy (non-hydrogen) atoms. The van der Waals surface area contributed by atoms with Crippen LogP contribution in [-0.4, -0.2) is 23.6 Å². The van der Waals surface area contributed by atoms with E-state index >= 15 is 0 Å². The Bertz CT molecular complexity index is 454. The van der Waals surface area contributed by atoms with Crippen molar-refractivity contribution in [3.05, 3.63) is 27.8 Å². The molecule has 3 N–H and O–H groups in total. The van der Waals surface area contributed by atoms with Crippen LogP contribution in [-0.2, 0) is 0 Å². The first-order valence-corrected chi connectivity index (χ1v) is 4.95. The van der Waals surface area contributed by atoms with Crippen molar-refractivity contribution in [3.63, 3.8) is 0 Å². The van der Waals surface area contributed by atoms with E-state index in [9.17, 15) is 24.0 Å². The first-order valence-electron chi connectivity index (χ1n) is 4.95. The highest BCUT2D eigenvalue weighted by molar-refractivity contribution is 5.54. The molecule has 1 atom stereocenters. The predicted octanol–water partition coefficient (Wildman–Crippen LogP) is 1.96. The number of hydrogen-bond donors (Lipinski definition) is 2. The lowest BCUT2D eigenvalue weighted by atomic mass is 10.0. The zero-order valence-electron chi connectivity index (χ0n) is 9.47. The van der Waals surface area contributed by atoms with Crippen molar-refractivity contribution in [1.29, 1.82) is 0 Å². The summed E-state index contributed by atoms with van der Waals surface area (Å²) in [4.78, 5) is 9.94. The number of phenolic OH excluding ortho intramolecular Hbond substituents is 1. The van der Waals surface area contributed by atoms with Crippen LogP contribution < -0.4 is 10.5 Å². The Kier molecular flexibility index (Phi) is 4.38. The molecule has 100 valence electrons. The zero-order chi connectivity index (χ0) is 13.9. The van der Waals surface area contributed by atoms with E-state index in [1.807, 2.05) is 0 Å². The highest BCUT2D eigenvalue weighted by atomic mass is 19.3. The van der Waals surface area contributed by atoms with Crippen LogP contribution in [0.15, 0.2) is 12.1 Å². The van der Waals surface area contributed by atoms with Crippen LogP contribution in [0, 0.1) is 10.1 Å². The minimum absolute atomic E-state index is 0.138. The second-order valence-electron chi connectivity index (χ2n) is 3.58. The Morgan fingerprint density at radius 3 is 2.61 bits per heavy atom. The maximum atomic E-state index is 12.2. The summed E-state index contributed by atoms with van der Waals surface area (Å²) in [5.41, 5.74) is 4.95. The number of nitrogens with two attached hydrogens (primary N) is 1. The third-order valence-electron chi connectivity index (χ3n) is 2.35. The summed E-state index contributed by atoms with van der Waals surface area (Å²) in [5, 5.41) is 20.4. The number of nitro benzene ring substituents is 1. The maximum absolute atomic E-state index is 12.2. The Morgan fingerprint density at radius 1 is 1.56 bits per heavy atom. The summed E-state index contributed by atoms with van der Waals surface area (Å²) in [6.07, 6.45) is -3.39. The fraction of sp³-hybridized carbons (Fsp3) is 0.400. The van der Waals surface area contributed by atoms with Gasteiger partial charge in [-0.05, 0) is 0 Å². The van der Waals surface area contributed by atoms with E-state index in [-0.39, 0.29) is 17.0 Å². The number of aromatic hydroxyl groups is 1. The summed E-state index contributed by atoms with van der Waals surface area (Å²) < 4.78 is 29.2. The van der Waals surface area contributed by atoms with Gasteiger partial charge >= 0.3 is 0 Å². The third-order valence-corrected chi connectivity index (χ3v) is 2.35. The fourth-order valence-electron chi connectivity index (χ4n) is 1.48. The molecular formula is C10H12F2N2O4. The molecule has 0 heterocycles. The van der Waals surface area contributed by atoms with Crippen LogP contribution >= 0.6 is 0 Å². The average molecular weight is 262 g/mol. The van der Waals surface area contributed by atoms with Crippen LogP contribution in [0.2, 0.25) is 0 Å². The molecule has 1 aromatic carbocycles. The molecule has 8 heteroatoms. The number of halogens is 2. The highest BCUT2D eigenvalue weighted by Gasteiger charge is 2.23. The molecule has 0 bridgehead atoms. The lowest BCUT2D eigenvalue weighted by Crippen LogP contribution is -2.14. The monoisotopic (exact) mass is 262 g/mol. The van der Waals surface area contributed by atoms with Crippen molar-refractivity contribution in [3.8, 4) is 11.5 Å². The summed E-state index contributed by atoms with van der Waals surface area (Å²) >= 11 is 0. The molecule has 0 fully saturated rings. The molecule has 0 unspecified atom stereocenters. The van der Waals surface area contributed by atoms with E-state index in [1.54, 1.807) is 0 Å². The molecule has 0 spiro atoms. The summed E-state index contributed by atoms with van der Waals surface area (Å²) in [6, 6.07) is 0.748. The average Bonchev–Trinajstić information content (AvgIpc) is 2.27. The number of ether oxygens (including phenoxy) is 1. The van der Waals surface area contributed by atoms with Crippen LogP contribution in [0.1, 0.15) is 18.0 Å². The Hall–Kier alpha value is -1.96. The lowest BCUT2D eigenvalue weighted by Gasteiger charge is -2.15. The molecule has 0 aliphatic carbocycles. The van der Waals surface area contributed by atoms with Gasteiger partial charge in [0.2, 0.25) is 6.43 Å². The topological polar surface area (TPSA) is 98.6 Å². The summed E-state index contributed by atoms with van der Waals surface area (Å²) in [7, 11) is 1.20. The Labute approximate surface area is 101 Å². The first-order chi connectivity index (χ1) is 8.36. The second-order valence-corrected chi connectivity index (χ2v) is 3.58. The molecule has 0 saturated heterocycles. The molecule has 0 amide bonds. The van der Waals surface area contributed by atoms with E-state index in [0.717, 1.165) is 12.1 Å². The van der Waals surface area contributed by atoms with E-state index < -0.39 is 29.6 Å². The molecule has 6 nitrogen and oxygen atoms in total. The zero-order valence-corrected chi connectivity index (χ0v) is 9.47. The van der Waals surface area contributed by atoms with Gasteiger partial charge in [0, 0.05) is 24.1 Å². The Balaban J connectivity index is 3.24. The van der Waals surface area contributed by atoms with Crippen molar-refractivity contribution in [2.24, 2.45) is 5.73 Å². The quantitative estimate of drug-likeness (QED) is 0.624. The van der Waals surface area contributed by atoms with Gasteiger partial charge < -0.3 is 15.6 Å². The largest absolute Gasteiger partial charge is 0.504 e. The smallest absolute Gasteiger partial charge is 0.273 e. The number of hydrogen-bond acceptors (Lipinski definition) is 5. The van der Waals surface area contributed by atoms with Crippen LogP contribution in [0.4, 0.5) is 14.5 Å². The van der Waals surface area contributed by atoms with Crippen LogP contribution in [0.5, 0.6) is 11.5 Å². The molecule has 0 aliphatic heterocycles. The number of rotatable bonds is 5. The molecule has 0 saturated carbocycles. The van der Waals surface area contributed by atoms with Crippen molar-refractivity contribution in [1.82, 2.24) is 0 Å². The SMILES string of the molecule is COc1cc([N+](=O)[O-])cc([C@@H](N)CC(F)F)c1O. The lowest BCUT2D eigenvalue weighted by molar-refractivity contribution is -0.385. The van der Waals surface area contributed by atoms with Gasteiger partial charge in [-0.15, -0.1) is 0 Å². The maximum Gasteiger partial charge on any atom is 0.273 e. The summed E-state index contributed by atoms with van der Waals surface area (Å²) in [6.45, 7) is 0. The van der Waals surface area contributed by atoms with Gasteiger partial charge in [0.15, 0.2) is 11.5 Å². The fourth-order valence-corrected chi connectivity index (χ4v) is 1.48. The van der Waals surface area contributed by atoms with Gasteiger partial charge in [-0.3, -0.25) is 10.1 Å². The number of benzene rings is 1. The normalized spacial score (nSPS) is 12.5. The third kappa shape index (κ3) is 3.04. The second kappa shape index (κ2) is 5.58. The van der Waals surface area contributed by atoms with Gasteiger partial charge in [0.05, 0.1) is 18.1 Å². The highest BCUT2D eigenvalue weighted by Crippen LogP contribution is 2.38. The molecule has 1 rings (SSSR count). The van der Waals surface area contributed by atoms with Crippen molar-refractivity contribution in [2.45, 2.75) is 18.9 Å². The van der Waals surface area contributed by atoms with Crippen LogP contribution in [0.25, 0.3) is 0 Å². The number of alkyl halides is 2. The van der Waals surface area contributed by atoms with Gasteiger partial charge in [-0.1, -0.05) is 0 Å². The van der Waals surface area contributed by atoms with E-state index in [4.69, 9.17) is 10.5 Å². The van der Waals surface area contributed by atoms with Gasteiger partial charge in [-0.2, -0.15) is 0 Å². The van der Waals surface area contributed by atoms with Gasteiger partial charge in [0.25, 0.3) is 5.69 Å². The predicted molar refractivity (Wildman–Crippen MR) is 58.9 cm³/mol. The molecule has 0 radical (unpaired) electrons. The molecule has 0 aromatic heterocycles. The van der Waals surface area contributed by atoms with Crippen molar-refractivity contribution < 1.29 is 23.5 Å². The number of methoxy groups -OCH3 is 1. The van der Waals surface area contributed by atoms with Gasteiger partial charge in [0.1, 0.15) is 0 Å². The van der Waals surface area contributed by atoms with Crippen molar-refractivity contribution >= 4 is 5.69 Å². The standard InChI is InChI=1S/C10H12F2N2O4/c1-18-8-3-5(14(16)17)2-6(10(8)15)7(13)4-9(11)12/h2-3,7,9,15H,4,13H2,1H3/t7-/m0/s1. The molecular weight excluding hydrogens is 250 g/mol. The van der Waals surface area contributed by atoms with E-state index in [0.29, 0.717) is 0 Å². The number of nitro groups is 1. The number of phenols is 1. The molecule has 0 aliphatic rings. The van der Waals surface area contributed by atoms with Crippen LogP contribution in [0.3, 0.4) is 0 Å². The minimum atomic E-state index is -2.68. The molecule has 1 aromatic rings. The van der Waals surface area contributed by atoms with E-state index in [2.05, 4.69) is 0 Å². The van der Waals surface area contributed by atoms with E-state index in [1.165, 1.54) is 7.11 Å². The van der Waals surface area contributed by atoms with Gasteiger partial charge in [-0.25, -0.2) is 8.78 Å². The Morgan fingerprint density at radius 2 is 2.17 bits per heavy atom. The minimum Gasteiger partial charge on any atom is -0.504 e.